The van der Waals surface area contributed by atoms with Crippen molar-refractivity contribution in [1.29, 1.82) is 0 Å². The number of nitrogens with zero attached hydrogens (tertiary/aromatic N) is 2. The van der Waals surface area contributed by atoms with Crippen LogP contribution in [0.1, 0.15) is 12.0 Å². The van der Waals surface area contributed by atoms with Crippen molar-refractivity contribution < 1.29 is 5.21 Å². The largest absolute Gasteiger partial charge is 0.411 e. The molecule has 1 heterocycles. The fraction of sp³-hybridized carbons (Fsp3) is 0.200. The Bertz CT molecular complexity index is 354. The maximum Gasteiger partial charge on any atom is 0.107 e. The van der Waals surface area contributed by atoms with E-state index in [1.807, 2.05) is 30.3 Å². The van der Waals surface area contributed by atoms with E-state index in [0.29, 0.717) is 5.71 Å². The first-order chi connectivity index (χ1) is 6.42. The van der Waals surface area contributed by atoms with Gasteiger partial charge in [0, 0.05) is 18.5 Å². The van der Waals surface area contributed by atoms with Crippen LogP contribution in [0.15, 0.2) is 40.5 Å². The molecule has 0 unspecified atom stereocenters. The molecule has 2 rings (SSSR count). The van der Waals surface area contributed by atoms with Crippen molar-refractivity contribution >= 4 is 11.4 Å². The lowest BCUT2D eigenvalue weighted by Crippen LogP contribution is -2.09. The van der Waals surface area contributed by atoms with Crippen LogP contribution in [0, 0.1) is 0 Å². The van der Waals surface area contributed by atoms with E-state index in [4.69, 9.17) is 5.21 Å². The summed E-state index contributed by atoms with van der Waals surface area (Å²) in [5.74, 6) is 0. The zero-order valence-corrected chi connectivity index (χ0v) is 7.14. The number of hydrogen-bond donors (Lipinski definition) is 1. The van der Waals surface area contributed by atoms with Gasteiger partial charge in [0.05, 0.1) is 5.71 Å². The van der Waals surface area contributed by atoms with Gasteiger partial charge in [-0.2, -0.15) is 0 Å². The number of aliphatic imine (C=N–C) groups is 1. The van der Waals surface area contributed by atoms with Crippen LogP contribution >= 0.6 is 0 Å². The Hall–Kier alpha value is -1.64. The van der Waals surface area contributed by atoms with Crippen LogP contribution in [-0.2, 0) is 0 Å². The molecule has 0 aromatic heterocycles. The van der Waals surface area contributed by atoms with Gasteiger partial charge < -0.3 is 5.21 Å². The Morgan fingerprint density at radius 2 is 2.00 bits per heavy atom. The second-order valence-corrected chi connectivity index (χ2v) is 2.89. The van der Waals surface area contributed by atoms with Crippen molar-refractivity contribution in [3.05, 3.63) is 35.9 Å². The van der Waals surface area contributed by atoms with Crippen LogP contribution in [0.4, 0.5) is 0 Å². The smallest absolute Gasteiger partial charge is 0.107 e. The van der Waals surface area contributed by atoms with Gasteiger partial charge in [0.15, 0.2) is 0 Å². The van der Waals surface area contributed by atoms with Crippen molar-refractivity contribution in [1.82, 2.24) is 0 Å². The second-order valence-electron chi connectivity index (χ2n) is 2.89. The van der Waals surface area contributed by atoms with Gasteiger partial charge in [0.1, 0.15) is 5.71 Å². The Kier molecular flexibility index (Phi) is 2.08. The van der Waals surface area contributed by atoms with E-state index in [2.05, 4.69) is 10.1 Å². The summed E-state index contributed by atoms with van der Waals surface area (Å²) >= 11 is 0. The Morgan fingerprint density at radius 1 is 1.23 bits per heavy atom. The summed E-state index contributed by atoms with van der Waals surface area (Å²) in [6.07, 6.45) is 0.737. The molecule has 13 heavy (non-hydrogen) atoms. The van der Waals surface area contributed by atoms with Gasteiger partial charge in [-0.3, -0.25) is 4.99 Å². The van der Waals surface area contributed by atoms with E-state index in [-0.39, 0.29) is 0 Å². The van der Waals surface area contributed by atoms with Gasteiger partial charge in [-0.05, 0) is 0 Å². The third kappa shape index (κ3) is 1.45. The minimum absolute atomic E-state index is 0.686. The van der Waals surface area contributed by atoms with Crippen molar-refractivity contribution in [2.45, 2.75) is 6.42 Å². The van der Waals surface area contributed by atoms with Crippen LogP contribution in [0.2, 0.25) is 0 Å². The fourth-order valence-electron chi connectivity index (χ4n) is 1.43. The molecule has 1 aliphatic heterocycles. The molecule has 1 aromatic carbocycles. The standard InChI is InChI=1S/C10H10N2O/c13-12-9-6-7-11-10(9)8-4-2-1-3-5-8/h1-5,13H,6-7H2. The van der Waals surface area contributed by atoms with Gasteiger partial charge >= 0.3 is 0 Å². The number of hydrogen-bond acceptors (Lipinski definition) is 3. The zero-order chi connectivity index (χ0) is 9.10. The third-order valence-corrected chi connectivity index (χ3v) is 2.06. The molecule has 0 radical (unpaired) electrons. The Labute approximate surface area is 76.4 Å². The highest BCUT2D eigenvalue weighted by molar-refractivity contribution is 6.49. The zero-order valence-electron chi connectivity index (χ0n) is 7.14. The monoisotopic (exact) mass is 174 g/mol. The van der Waals surface area contributed by atoms with E-state index in [1.165, 1.54) is 0 Å². The molecule has 0 amide bonds. The first-order valence-electron chi connectivity index (χ1n) is 4.23. The maximum absolute atomic E-state index is 8.70. The number of oxime groups is 1. The lowest BCUT2D eigenvalue weighted by atomic mass is 10.1. The van der Waals surface area contributed by atoms with Crippen molar-refractivity contribution in [2.24, 2.45) is 10.1 Å². The molecular formula is C10H10N2O. The summed E-state index contributed by atoms with van der Waals surface area (Å²) in [6, 6.07) is 9.79. The van der Waals surface area contributed by atoms with E-state index in [0.717, 1.165) is 24.2 Å². The average molecular weight is 174 g/mol. The van der Waals surface area contributed by atoms with Crippen molar-refractivity contribution in [3.63, 3.8) is 0 Å². The molecule has 1 aliphatic rings. The highest BCUT2D eigenvalue weighted by atomic mass is 16.4. The molecule has 0 saturated heterocycles. The van der Waals surface area contributed by atoms with E-state index in [9.17, 15) is 0 Å². The molecule has 1 N–H and O–H groups in total. The average Bonchev–Trinajstić information content (AvgIpc) is 2.67. The summed E-state index contributed by atoms with van der Waals surface area (Å²) < 4.78 is 0. The SMILES string of the molecule is ON=C1CCN=C1c1ccccc1. The highest BCUT2D eigenvalue weighted by Crippen LogP contribution is 2.10. The lowest BCUT2D eigenvalue weighted by Gasteiger charge is -1.99. The third-order valence-electron chi connectivity index (χ3n) is 2.06. The molecule has 1 aromatic rings. The second kappa shape index (κ2) is 3.39. The summed E-state index contributed by atoms with van der Waals surface area (Å²) in [4.78, 5) is 4.28. The van der Waals surface area contributed by atoms with Gasteiger partial charge in [0.25, 0.3) is 0 Å². The first-order valence-corrected chi connectivity index (χ1v) is 4.23. The molecule has 66 valence electrons. The quantitative estimate of drug-likeness (QED) is 0.511. The summed E-state index contributed by atoms with van der Waals surface area (Å²) in [5.41, 5.74) is 2.53. The van der Waals surface area contributed by atoms with Crippen LogP contribution in [-0.4, -0.2) is 23.2 Å². The summed E-state index contributed by atoms with van der Waals surface area (Å²) in [7, 11) is 0. The lowest BCUT2D eigenvalue weighted by molar-refractivity contribution is 0.319. The summed E-state index contributed by atoms with van der Waals surface area (Å²) in [6.45, 7) is 0.726. The van der Waals surface area contributed by atoms with Crippen LogP contribution < -0.4 is 0 Å². The number of benzene rings is 1. The summed E-state index contributed by atoms with van der Waals surface area (Å²) in [5, 5.41) is 11.9. The Morgan fingerprint density at radius 3 is 2.69 bits per heavy atom. The van der Waals surface area contributed by atoms with Crippen molar-refractivity contribution in [2.75, 3.05) is 6.54 Å². The molecular weight excluding hydrogens is 164 g/mol. The predicted molar refractivity (Wildman–Crippen MR) is 51.7 cm³/mol. The van der Waals surface area contributed by atoms with Gasteiger partial charge in [-0.1, -0.05) is 35.5 Å². The molecule has 0 atom stereocenters. The molecule has 3 nitrogen and oxygen atoms in total. The van der Waals surface area contributed by atoms with Gasteiger partial charge in [-0.25, -0.2) is 0 Å². The van der Waals surface area contributed by atoms with Gasteiger partial charge in [0.2, 0.25) is 0 Å². The number of rotatable bonds is 1. The van der Waals surface area contributed by atoms with E-state index < -0.39 is 0 Å². The molecule has 0 saturated carbocycles. The molecule has 0 aliphatic carbocycles. The minimum Gasteiger partial charge on any atom is -0.411 e. The van der Waals surface area contributed by atoms with Gasteiger partial charge in [-0.15, -0.1) is 0 Å². The predicted octanol–water partition coefficient (Wildman–Crippen LogP) is 1.71. The molecule has 0 bridgehead atoms. The normalized spacial score (nSPS) is 19.1. The molecule has 0 fully saturated rings. The maximum atomic E-state index is 8.70. The first kappa shape index (κ1) is 7.98. The Balaban J connectivity index is 2.37. The fourth-order valence-corrected chi connectivity index (χ4v) is 1.43. The van der Waals surface area contributed by atoms with Crippen LogP contribution in [0.5, 0.6) is 0 Å². The van der Waals surface area contributed by atoms with Crippen LogP contribution in [0.3, 0.4) is 0 Å². The van der Waals surface area contributed by atoms with E-state index in [1.54, 1.807) is 0 Å². The topological polar surface area (TPSA) is 45.0 Å². The van der Waals surface area contributed by atoms with E-state index >= 15 is 0 Å². The van der Waals surface area contributed by atoms with Crippen LogP contribution in [0.25, 0.3) is 0 Å². The highest BCUT2D eigenvalue weighted by Gasteiger charge is 2.16. The van der Waals surface area contributed by atoms with Crippen molar-refractivity contribution in [3.8, 4) is 0 Å². The molecule has 3 heteroatoms. The minimum atomic E-state index is 0.686. The molecule has 0 spiro atoms.